The zero-order chi connectivity index (χ0) is 19.5. The number of H-pyrrole nitrogens is 1. The third-order valence-electron chi connectivity index (χ3n) is 5.09. The maximum Gasteiger partial charge on any atom is 0.254 e. The summed E-state index contributed by atoms with van der Waals surface area (Å²) in [4.78, 5) is 15.9. The molecule has 0 radical (unpaired) electrons. The van der Waals surface area contributed by atoms with Gasteiger partial charge in [-0.2, -0.15) is 0 Å². The first-order chi connectivity index (χ1) is 13.7. The van der Waals surface area contributed by atoms with Crippen LogP contribution in [0.25, 0.3) is 10.9 Å². The lowest BCUT2D eigenvalue weighted by Gasteiger charge is -2.18. The molecular weight excluding hydrogens is 352 g/mol. The smallest absolute Gasteiger partial charge is 0.254 e. The van der Waals surface area contributed by atoms with E-state index in [2.05, 4.69) is 22.4 Å². The number of furan rings is 1. The van der Waals surface area contributed by atoms with E-state index in [9.17, 15) is 4.79 Å². The summed E-state index contributed by atoms with van der Waals surface area (Å²) in [6.45, 7) is 2.26. The molecule has 0 unspecified atom stereocenters. The highest BCUT2D eigenvalue weighted by Gasteiger charge is 2.20. The first-order valence-corrected chi connectivity index (χ1v) is 9.19. The summed E-state index contributed by atoms with van der Waals surface area (Å²) in [6.07, 6.45) is 3.56. The van der Waals surface area contributed by atoms with Crippen LogP contribution in [0.15, 0.2) is 71.5 Å². The van der Waals surface area contributed by atoms with Crippen LogP contribution in [0.3, 0.4) is 0 Å². The molecule has 5 nitrogen and oxygen atoms in total. The number of hydrogen-bond donors (Lipinski definition) is 2. The third kappa shape index (κ3) is 3.39. The summed E-state index contributed by atoms with van der Waals surface area (Å²) in [6, 6.07) is 17.8. The number of fused-ring (bicyclic) bond motifs is 1. The maximum atomic E-state index is 12.6. The van der Waals surface area contributed by atoms with E-state index < -0.39 is 0 Å². The fourth-order valence-electron chi connectivity index (χ4n) is 3.54. The van der Waals surface area contributed by atoms with E-state index >= 15 is 0 Å². The minimum absolute atomic E-state index is 0.00165. The minimum Gasteiger partial charge on any atom is -0.497 e. The van der Waals surface area contributed by atoms with Crippen LogP contribution in [0, 0.1) is 6.92 Å². The summed E-state index contributed by atoms with van der Waals surface area (Å²) < 4.78 is 10.5. The van der Waals surface area contributed by atoms with Gasteiger partial charge in [0.1, 0.15) is 11.5 Å². The Kier molecular flexibility index (Phi) is 4.89. The fraction of sp³-hybridized carbons (Fsp3) is 0.174. The van der Waals surface area contributed by atoms with Crippen LogP contribution in [0.2, 0.25) is 0 Å². The molecule has 0 aliphatic heterocycles. The second-order valence-corrected chi connectivity index (χ2v) is 6.72. The topological polar surface area (TPSA) is 67.3 Å². The zero-order valence-electron chi connectivity index (χ0n) is 15.9. The van der Waals surface area contributed by atoms with Crippen molar-refractivity contribution in [2.75, 3.05) is 13.7 Å². The van der Waals surface area contributed by atoms with Gasteiger partial charge < -0.3 is 19.5 Å². The van der Waals surface area contributed by atoms with Gasteiger partial charge in [0.25, 0.3) is 5.91 Å². The maximum absolute atomic E-state index is 12.6. The van der Waals surface area contributed by atoms with Gasteiger partial charge >= 0.3 is 0 Å². The number of aromatic nitrogens is 1. The van der Waals surface area contributed by atoms with Gasteiger partial charge in [-0.1, -0.05) is 30.3 Å². The Bertz CT molecular complexity index is 1090. The highest BCUT2D eigenvalue weighted by molar-refractivity contribution is 5.95. The molecule has 4 aromatic rings. The summed E-state index contributed by atoms with van der Waals surface area (Å²) >= 11 is 0. The van der Waals surface area contributed by atoms with E-state index in [1.807, 2.05) is 42.6 Å². The monoisotopic (exact) mass is 374 g/mol. The molecule has 2 aromatic heterocycles. The molecule has 0 saturated carbocycles. The molecule has 0 aliphatic rings. The Balaban J connectivity index is 1.67. The molecule has 0 aliphatic carbocycles. The minimum atomic E-state index is -0.135. The number of carbonyl (C=O) groups excluding carboxylic acids is 1. The second kappa shape index (κ2) is 7.64. The predicted molar refractivity (Wildman–Crippen MR) is 109 cm³/mol. The predicted octanol–water partition coefficient (Wildman–Crippen LogP) is 4.64. The number of aryl methyl sites for hydroxylation is 1. The van der Waals surface area contributed by atoms with Gasteiger partial charge in [0, 0.05) is 29.6 Å². The lowest BCUT2D eigenvalue weighted by Crippen LogP contribution is -2.29. The van der Waals surface area contributed by atoms with Gasteiger partial charge in [-0.15, -0.1) is 0 Å². The molecule has 4 rings (SSSR count). The summed E-state index contributed by atoms with van der Waals surface area (Å²) in [5.41, 5.74) is 3.89. The Morgan fingerprint density at radius 3 is 2.64 bits per heavy atom. The molecule has 28 heavy (non-hydrogen) atoms. The molecule has 1 amide bonds. The highest BCUT2D eigenvalue weighted by Crippen LogP contribution is 2.31. The van der Waals surface area contributed by atoms with Crippen LogP contribution in [-0.2, 0) is 0 Å². The average Bonchev–Trinajstić information content (AvgIpc) is 3.35. The van der Waals surface area contributed by atoms with Crippen LogP contribution in [0.1, 0.15) is 33.2 Å². The van der Waals surface area contributed by atoms with E-state index in [1.54, 1.807) is 20.1 Å². The largest absolute Gasteiger partial charge is 0.497 e. The SMILES string of the molecule is COc1ccc([C@@H](CNC(=O)c2ccoc2C)c2c[nH]c3ccccc23)cc1. The number of benzene rings is 2. The van der Waals surface area contributed by atoms with Crippen molar-refractivity contribution in [1.29, 1.82) is 0 Å². The van der Waals surface area contributed by atoms with E-state index in [0.717, 1.165) is 27.8 Å². The molecule has 0 spiro atoms. The van der Waals surface area contributed by atoms with Gasteiger partial charge in [0.05, 0.1) is 18.9 Å². The van der Waals surface area contributed by atoms with Gasteiger partial charge in [-0.25, -0.2) is 0 Å². The number of ether oxygens (including phenoxy) is 1. The molecule has 2 heterocycles. The molecule has 142 valence electrons. The normalized spacial score (nSPS) is 12.1. The van der Waals surface area contributed by atoms with Crippen LogP contribution < -0.4 is 10.1 Å². The van der Waals surface area contributed by atoms with E-state index in [1.165, 1.54) is 6.26 Å². The van der Waals surface area contributed by atoms with Gasteiger partial charge in [0.15, 0.2) is 0 Å². The molecule has 2 N–H and O–H groups in total. The number of aromatic amines is 1. The standard InChI is InChI=1S/C23H22N2O3/c1-15-18(11-12-28-15)23(26)25-13-20(16-7-9-17(27-2)10-8-16)21-14-24-22-6-4-3-5-19(21)22/h3-12,14,20,24H,13H2,1-2H3,(H,25,26)/t20-/m1/s1. The number of amides is 1. The van der Waals surface area contributed by atoms with Crippen molar-refractivity contribution in [1.82, 2.24) is 10.3 Å². The van der Waals surface area contributed by atoms with Crippen molar-refractivity contribution in [2.24, 2.45) is 0 Å². The second-order valence-electron chi connectivity index (χ2n) is 6.72. The number of carbonyl (C=O) groups is 1. The van der Waals surface area contributed by atoms with Crippen molar-refractivity contribution in [3.8, 4) is 5.75 Å². The lowest BCUT2D eigenvalue weighted by molar-refractivity contribution is 0.0951. The quantitative estimate of drug-likeness (QED) is 0.517. The first-order valence-electron chi connectivity index (χ1n) is 9.19. The Labute approximate surface area is 163 Å². The number of hydrogen-bond acceptors (Lipinski definition) is 3. The molecule has 1 atom stereocenters. The van der Waals surface area contributed by atoms with E-state index in [-0.39, 0.29) is 11.8 Å². The van der Waals surface area contributed by atoms with Crippen molar-refractivity contribution in [3.05, 3.63) is 89.5 Å². The van der Waals surface area contributed by atoms with Crippen LogP contribution in [0.4, 0.5) is 0 Å². The summed E-state index contributed by atoms with van der Waals surface area (Å²) in [5.74, 6) is 1.29. The van der Waals surface area contributed by atoms with Gasteiger partial charge in [-0.3, -0.25) is 4.79 Å². The molecule has 5 heteroatoms. The van der Waals surface area contributed by atoms with Crippen LogP contribution in [-0.4, -0.2) is 24.5 Å². The van der Waals surface area contributed by atoms with Gasteiger partial charge in [-0.05, 0) is 42.3 Å². The molecule has 2 aromatic carbocycles. The van der Waals surface area contributed by atoms with Crippen molar-refractivity contribution < 1.29 is 13.9 Å². The summed E-state index contributed by atoms with van der Waals surface area (Å²) in [5, 5.41) is 4.21. The third-order valence-corrected chi connectivity index (χ3v) is 5.09. The highest BCUT2D eigenvalue weighted by atomic mass is 16.5. The molecular formula is C23H22N2O3. The molecule has 0 fully saturated rings. The summed E-state index contributed by atoms with van der Waals surface area (Å²) in [7, 11) is 1.65. The average molecular weight is 374 g/mol. The Hall–Kier alpha value is -3.47. The van der Waals surface area contributed by atoms with E-state index in [0.29, 0.717) is 17.9 Å². The Morgan fingerprint density at radius 1 is 1.14 bits per heavy atom. The lowest BCUT2D eigenvalue weighted by atomic mass is 9.90. The van der Waals surface area contributed by atoms with Crippen molar-refractivity contribution in [3.63, 3.8) is 0 Å². The number of nitrogens with one attached hydrogen (secondary N) is 2. The van der Waals surface area contributed by atoms with Crippen LogP contribution >= 0.6 is 0 Å². The number of methoxy groups -OCH3 is 1. The number of rotatable bonds is 6. The number of para-hydroxylation sites is 1. The van der Waals surface area contributed by atoms with Crippen molar-refractivity contribution in [2.45, 2.75) is 12.8 Å². The van der Waals surface area contributed by atoms with Crippen LogP contribution in [0.5, 0.6) is 5.75 Å². The molecule has 0 saturated heterocycles. The van der Waals surface area contributed by atoms with Crippen molar-refractivity contribution >= 4 is 16.8 Å². The Morgan fingerprint density at radius 2 is 1.93 bits per heavy atom. The first kappa shape index (κ1) is 17.9. The fourth-order valence-corrected chi connectivity index (χ4v) is 3.54. The zero-order valence-corrected chi connectivity index (χ0v) is 15.9. The van der Waals surface area contributed by atoms with E-state index in [4.69, 9.17) is 9.15 Å². The van der Waals surface area contributed by atoms with Gasteiger partial charge in [0.2, 0.25) is 0 Å². The molecule has 0 bridgehead atoms.